The molecular weight excluding hydrogens is 432 g/mol. The van der Waals surface area contributed by atoms with Gasteiger partial charge in [0.25, 0.3) is 0 Å². The van der Waals surface area contributed by atoms with E-state index in [0.717, 1.165) is 0 Å². The van der Waals surface area contributed by atoms with Crippen molar-refractivity contribution in [3.8, 4) is 0 Å². The number of carbonyl (C=O) groups excluding carboxylic acids is 2. The number of halogens is 1. The zero-order valence-corrected chi connectivity index (χ0v) is 17.7. The molecule has 4 aliphatic rings. The van der Waals surface area contributed by atoms with Gasteiger partial charge in [-0.15, -0.1) is 0 Å². The number of fused-ring (bicyclic) bond motifs is 5. The lowest BCUT2D eigenvalue weighted by molar-refractivity contribution is -0.306. The van der Waals surface area contributed by atoms with Crippen molar-refractivity contribution >= 4 is 23.4 Å². The zero-order valence-electron chi connectivity index (χ0n) is 17.0. The zero-order chi connectivity index (χ0) is 22.9. The van der Waals surface area contributed by atoms with Gasteiger partial charge >= 0.3 is 5.97 Å². The first-order valence-electron chi connectivity index (χ1n) is 9.80. The molecule has 3 heterocycles. The lowest BCUT2D eigenvalue weighted by atomic mass is 9.66. The van der Waals surface area contributed by atoms with Crippen molar-refractivity contribution in [2.45, 2.75) is 56.6 Å². The number of ether oxygens (including phenoxy) is 3. The maximum absolute atomic E-state index is 13.2. The highest BCUT2D eigenvalue weighted by molar-refractivity contribution is 6.45. The molecule has 1 aliphatic carbocycles. The van der Waals surface area contributed by atoms with Crippen LogP contribution in [0.15, 0.2) is 46.4 Å². The van der Waals surface area contributed by atoms with E-state index >= 15 is 0 Å². The van der Waals surface area contributed by atoms with Gasteiger partial charge in [-0.2, -0.15) is 0 Å². The van der Waals surface area contributed by atoms with Gasteiger partial charge in [0.15, 0.2) is 0 Å². The molecule has 0 aromatic heterocycles. The Morgan fingerprint density at radius 3 is 2.58 bits per heavy atom. The first kappa shape index (κ1) is 22.2. The molecule has 0 saturated carbocycles. The summed E-state index contributed by atoms with van der Waals surface area (Å²) in [6.45, 7) is 4.23. The van der Waals surface area contributed by atoms with Crippen LogP contribution in [0.2, 0.25) is 0 Å². The topological polar surface area (TPSA) is 143 Å². The standard InChI is InChI=1S/C21H23ClO9/c1-8(23)13(24)5-4-10-6-11-12(7-29-10)14-15-19(27)30-9(2)17(25)21(15,28)31-20(14,3)18(26)16(11)22/h4-9,13-15,17,23-25,28H,1-3H3/b5-4+/t8-,9-,13+,14-,15+,17-,20+,21+/m1/s1. The third-order valence-corrected chi connectivity index (χ3v) is 6.64. The summed E-state index contributed by atoms with van der Waals surface area (Å²) >= 11 is 6.35. The molecule has 0 aromatic carbocycles. The lowest BCUT2D eigenvalue weighted by Gasteiger charge is -2.40. The van der Waals surface area contributed by atoms with Gasteiger partial charge < -0.3 is 34.6 Å². The summed E-state index contributed by atoms with van der Waals surface area (Å²) in [6.07, 6.45) is 0.714. The minimum atomic E-state index is -2.34. The first-order chi connectivity index (χ1) is 14.4. The molecule has 4 N–H and O–H groups in total. The van der Waals surface area contributed by atoms with Crippen LogP contribution in [0.25, 0.3) is 0 Å². The largest absolute Gasteiger partial charge is 0.465 e. The Labute approximate surface area is 182 Å². The van der Waals surface area contributed by atoms with Gasteiger partial charge in [0.05, 0.1) is 23.5 Å². The lowest BCUT2D eigenvalue weighted by Crippen LogP contribution is -2.60. The number of cyclic esters (lactones) is 1. The number of hydrogen-bond acceptors (Lipinski definition) is 9. The quantitative estimate of drug-likeness (QED) is 0.439. The van der Waals surface area contributed by atoms with Gasteiger partial charge in [-0.05, 0) is 39.0 Å². The fourth-order valence-corrected chi connectivity index (χ4v) is 4.91. The number of rotatable bonds is 3. The van der Waals surface area contributed by atoms with E-state index in [4.69, 9.17) is 25.8 Å². The Balaban J connectivity index is 1.77. The van der Waals surface area contributed by atoms with Crippen LogP contribution in [0.3, 0.4) is 0 Å². The van der Waals surface area contributed by atoms with E-state index in [9.17, 15) is 30.0 Å². The number of ketones is 1. The van der Waals surface area contributed by atoms with Crippen molar-refractivity contribution in [2.75, 3.05) is 0 Å². The Morgan fingerprint density at radius 2 is 1.94 bits per heavy atom. The van der Waals surface area contributed by atoms with Crippen molar-refractivity contribution in [1.82, 2.24) is 0 Å². The fourth-order valence-electron chi connectivity index (χ4n) is 4.56. The molecule has 0 spiro atoms. The Morgan fingerprint density at radius 1 is 1.26 bits per heavy atom. The maximum atomic E-state index is 13.2. The molecule has 2 fully saturated rings. The SMILES string of the molecule is C[C@@H](O)[C@@H](O)/C=C/C1=CC2=C(Cl)C(=O)[C@@]3(C)O[C@]4(O)[C@H](O)[C@@H](C)OC(=O)[C@@H]4[C@H]3C2=CO1. The molecular formula is C21H23ClO9. The highest BCUT2D eigenvalue weighted by Crippen LogP contribution is 2.58. The van der Waals surface area contributed by atoms with Crippen molar-refractivity contribution in [1.29, 1.82) is 0 Å². The number of Topliss-reactive ketones (excluding diaryl/α,β-unsaturated/α-hetero) is 1. The van der Waals surface area contributed by atoms with E-state index in [2.05, 4.69) is 0 Å². The van der Waals surface area contributed by atoms with Crippen LogP contribution in [0.1, 0.15) is 20.8 Å². The number of esters is 1. The summed E-state index contributed by atoms with van der Waals surface area (Å²) < 4.78 is 16.5. The van der Waals surface area contributed by atoms with Crippen LogP contribution in [0.5, 0.6) is 0 Å². The number of hydrogen-bond donors (Lipinski definition) is 4. The molecule has 0 radical (unpaired) electrons. The molecule has 0 bridgehead atoms. The molecule has 8 atom stereocenters. The minimum Gasteiger partial charge on any atom is -0.465 e. The summed E-state index contributed by atoms with van der Waals surface area (Å²) in [4.78, 5) is 25.9. The molecule has 10 heteroatoms. The van der Waals surface area contributed by atoms with Gasteiger partial charge in [0.1, 0.15) is 29.5 Å². The van der Waals surface area contributed by atoms with E-state index < -0.39 is 59.4 Å². The molecule has 4 rings (SSSR count). The number of aliphatic hydroxyl groups is 4. The third kappa shape index (κ3) is 3.11. The molecule has 3 aliphatic heterocycles. The maximum Gasteiger partial charge on any atom is 0.315 e. The van der Waals surface area contributed by atoms with Crippen molar-refractivity contribution in [3.63, 3.8) is 0 Å². The molecule has 168 valence electrons. The predicted molar refractivity (Wildman–Crippen MR) is 105 cm³/mol. The van der Waals surface area contributed by atoms with Gasteiger partial charge in [0.2, 0.25) is 11.6 Å². The van der Waals surface area contributed by atoms with Crippen LogP contribution >= 0.6 is 11.6 Å². The highest BCUT2D eigenvalue weighted by atomic mass is 35.5. The summed E-state index contributed by atoms with van der Waals surface area (Å²) in [5.74, 6) is -6.00. The summed E-state index contributed by atoms with van der Waals surface area (Å²) in [6, 6.07) is 0. The summed E-state index contributed by atoms with van der Waals surface area (Å²) in [5, 5.41) is 40.6. The summed E-state index contributed by atoms with van der Waals surface area (Å²) in [7, 11) is 0. The average Bonchev–Trinajstić information content (AvgIpc) is 2.98. The van der Waals surface area contributed by atoms with E-state index in [1.54, 1.807) is 0 Å². The Bertz CT molecular complexity index is 964. The van der Waals surface area contributed by atoms with Gasteiger partial charge in [0, 0.05) is 17.1 Å². The van der Waals surface area contributed by atoms with Gasteiger partial charge in [-0.1, -0.05) is 11.6 Å². The fraction of sp³-hybridized carbons (Fsp3) is 0.524. The van der Waals surface area contributed by atoms with Crippen LogP contribution in [-0.4, -0.2) is 68.0 Å². The predicted octanol–water partition coefficient (Wildman–Crippen LogP) is 0.174. The average molecular weight is 455 g/mol. The third-order valence-electron chi connectivity index (χ3n) is 6.27. The van der Waals surface area contributed by atoms with Gasteiger partial charge in [-0.3, -0.25) is 9.59 Å². The molecule has 9 nitrogen and oxygen atoms in total. The van der Waals surface area contributed by atoms with Crippen LogP contribution in [0.4, 0.5) is 0 Å². The number of allylic oxidation sites excluding steroid dienone is 3. The molecule has 31 heavy (non-hydrogen) atoms. The van der Waals surface area contributed by atoms with Crippen LogP contribution < -0.4 is 0 Å². The Hall–Kier alpha value is -2.01. The number of aliphatic hydroxyl groups excluding tert-OH is 3. The van der Waals surface area contributed by atoms with Gasteiger partial charge in [-0.25, -0.2) is 0 Å². The molecule has 0 aromatic rings. The van der Waals surface area contributed by atoms with Crippen LogP contribution in [0, 0.1) is 11.8 Å². The molecule has 0 unspecified atom stereocenters. The van der Waals surface area contributed by atoms with E-state index in [-0.39, 0.29) is 16.4 Å². The normalized spacial score (nSPS) is 41.5. The summed E-state index contributed by atoms with van der Waals surface area (Å²) in [5.41, 5.74) is -1.14. The molecule has 2 saturated heterocycles. The first-order valence-corrected chi connectivity index (χ1v) is 10.2. The smallest absolute Gasteiger partial charge is 0.315 e. The number of carbonyl (C=O) groups is 2. The van der Waals surface area contributed by atoms with Crippen LogP contribution in [-0.2, 0) is 23.8 Å². The second kappa shape index (κ2) is 7.26. The Kier molecular flexibility index (Phi) is 5.20. The van der Waals surface area contributed by atoms with Crippen molar-refractivity contribution in [2.24, 2.45) is 11.8 Å². The minimum absolute atomic E-state index is 0.187. The van der Waals surface area contributed by atoms with Crippen molar-refractivity contribution in [3.05, 3.63) is 46.4 Å². The van der Waals surface area contributed by atoms with E-state index in [1.165, 1.54) is 45.3 Å². The van der Waals surface area contributed by atoms with Crippen molar-refractivity contribution < 1.29 is 44.2 Å². The second-order valence-electron chi connectivity index (χ2n) is 8.39. The highest BCUT2D eigenvalue weighted by Gasteiger charge is 2.73. The molecule has 0 amide bonds. The van der Waals surface area contributed by atoms with E-state index in [1.807, 2.05) is 0 Å². The van der Waals surface area contributed by atoms with E-state index in [0.29, 0.717) is 5.57 Å². The second-order valence-corrected chi connectivity index (χ2v) is 8.77. The monoisotopic (exact) mass is 454 g/mol.